The van der Waals surface area contributed by atoms with Crippen LogP contribution in [0.5, 0.6) is 0 Å². The Kier molecular flexibility index (Phi) is 3.30. The second-order valence-electron chi connectivity index (χ2n) is 4.90. The van der Waals surface area contributed by atoms with Crippen molar-refractivity contribution in [2.45, 2.75) is 19.0 Å². The van der Waals surface area contributed by atoms with Gasteiger partial charge in [-0.15, -0.1) is 0 Å². The molecule has 1 aliphatic rings. The van der Waals surface area contributed by atoms with E-state index in [2.05, 4.69) is 20.6 Å². The predicted molar refractivity (Wildman–Crippen MR) is 70.4 cm³/mol. The highest BCUT2D eigenvalue weighted by atomic mass is 32.2. The summed E-state index contributed by atoms with van der Waals surface area (Å²) in [6, 6.07) is -0.0336. The number of nitrogens with one attached hydrogen (secondary N) is 1. The first-order chi connectivity index (χ1) is 9.52. The third-order valence-electron chi connectivity index (χ3n) is 3.21. The average Bonchev–Trinajstić information content (AvgIpc) is 3.06. The van der Waals surface area contributed by atoms with Crippen LogP contribution in [0.2, 0.25) is 0 Å². The molecule has 1 aliphatic heterocycles. The Hall–Kier alpha value is -1.74. The van der Waals surface area contributed by atoms with Gasteiger partial charge in [-0.1, -0.05) is 5.16 Å². The molecule has 20 heavy (non-hydrogen) atoms. The molecular weight excluding hydrogens is 282 g/mol. The maximum atomic E-state index is 11.3. The Bertz CT molecular complexity index is 705. The first-order valence-electron chi connectivity index (χ1n) is 6.27. The lowest BCUT2D eigenvalue weighted by atomic mass is 10.2. The van der Waals surface area contributed by atoms with Crippen LogP contribution < -0.4 is 5.32 Å². The summed E-state index contributed by atoms with van der Waals surface area (Å²) in [5.74, 6) is 1.34. The fourth-order valence-corrected chi connectivity index (χ4v) is 3.88. The molecule has 1 saturated heterocycles. The SMILES string of the molecule is Cn1cc(-c2noc(CNC3CCS(=O)(=O)C3)n2)cn1. The molecule has 0 aromatic carbocycles. The van der Waals surface area contributed by atoms with E-state index in [1.807, 2.05) is 7.05 Å². The van der Waals surface area contributed by atoms with Crippen molar-refractivity contribution < 1.29 is 12.9 Å². The Morgan fingerprint density at radius 3 is 3.05 bits per heavy atom. The van der Waals surface area contributed by atoms with Crippen LogP contribution in [0.25, 0.3) is 11.4 Å². The minimum atomic E-state index is -2.88. The topological polar surface area (TPSA) is 103 Å². The van der Waals surface area contributed by atoms with E-state index >= 15 is 0 Å². The molecule has 0 radical (unpaired) electrons. The fraction of sp³-hybridized carbons (Fsp3) is 0.545. The van der Waals surface area contributed by atoms with Crippen LogP contribution in [0, 0.1) is 0 Å². The zero-order valence-corrected chi connectivity index (χ0v) is 11.8. The molecule has 9 heteroatoms. The number of rotatable bonds is 4. The second-order valence-corrected chi connectivity index (χ2v) is 7.12. The van der Waals surface area contributed by atoms with Gasteiger partial charge in [0.2, 0.25) is 11.7 Å². The molecule has 1 fully saturated rings. The van der Waals surface area contributed by atoms with E-state index in [1.165, 1.54) is 0 Å². The summed E-state index contributed by atoms with van der Waals surface area (Å²) in [7, 11) is -1.06. The van der Waals surface area contributed by atoms with E-state index in [0.29, 0.717) is 24.7 Å². The van der Waals surface area contributed by atoms with E-state index in [9.17, 15) is 8.42 Å². The van der Waals surface area contributed by atoms with Gasteiger partial charge in [0.25, 0.3) is 0 Å². The van der Waals surface area contributed by atoms with Gasteiger partial charge in [-0.05, 0) is 6.42 Å². The molecule has 0 amide bonds. The van der Waals surface area contributed by atoms with Crippen molar-refractivity contribution in [3.05, 3.63) is 18.3 Å². The summed E-state index contributed by atoms with van der Waals surface area (Å²) in [4.78, 5) is 4.25. The second kappa shape index (κ2) is 4.98. The van der Waals surface area contributed by atoms with Gasteiger partial charge in [0, 0.05) is 19.3 Å². The van der Waals surface area contributed by atoms with E-state index in [-0.39, 0.29) is 17.5 Å². The molecule has 0 saturated carbocycles. The molecule has 0 aliphatic carbocycles. The van der Waals surface area contributed by atoms with E-state index in [0.717, 1.165) is 5.56 Å². The summed E-state index contributed by atoms with van der Waals surface area (Å²) in [5.41, 5.74) is 0.783. The number of nitrogens with zero attached hydrogens (tertiary/aromatic N) is 4. The lowest BCUT2D eigenvalue weighted by molar-refractivity contribution is 0.360. The van der Waals surface area contributed by atoms with Crippen LogP contribution in [-0.4, -0.2) is 45.9 Å². The van der Waals surface area contributed by atoms with Crippen LogP contribution in [0.4, 0.5) is 0 Å². The van der Waals surface area contributed by atoms with Crippen molar-refractivity contribution in [1.82, 2.24) is 25.2 Å². The maximum Gasteiger partial charge on any atom is 0.240 e. The Balaban J connectivity index is 1.61. The van der Waals surface area contributed by atoms with Crippen LogP contribution in [0.15, 0.2) is 16.9 Å². The molecule has 2 aromatic rings. The minimum Gasteiger partial charge on any atom is -0.338 e. The summed E-state index contributed by atoms with van der Waals surface area (Å²) in [6.45, 7) is 0.369. The van der Waals surface area contributed by atoms with Crippen LogP contribution in [0.1, 0.15) is 12.3 Å². The molecule has 2 aromatic heterocycles. The summed E-state index contributed by atoms with van der Waals surface area (Å²) < 4.78 is 29.5. The van der Waals surface area contributed by atoms with Crippen molar-refractivity contribution in [3.8, 4) is 11.4 Å². The number of aromatic nitrogens is 4. The lowest BCUT2D eigenvalue weighted by Crippen LogP contribution is -2.29. The van der Waals surface area contributed by atoms with Gasteiger partial charge in [-0.2, -0.15) is 10.1 Å². The largest absolute Gasteiger partial charge is 0.338 e. The third kappa shape index (κ3) is 2.88. The molecule has 1 N–H and O–H groups in total. The van der Waals surface area contributed by atoms with Crippen molar-refractivity contribution in [2.75, 3.05) is 11.5 Å². The third-order valence-corrected chi connectivity index (χ3v) is 4.97. The summed E-state index contributed by atoms with van der Waals surface area (Å²) >= 11 is 0. The van der Waals surface area contributed by atoms with Gasteiger partial charge in [0.1, 0.15) is 0 Å². The molecule has 3 rings (SSSR count). The number of aryl methyl sites for hydroxylation is 1. The van der Waals surface area contributed by atoms with Crippen LogP contribution >= 0.6 is 0 Å². The van der Waals surface area contributed by atoms with Crippen molar-refractivity contribution in [2.24, 2.45) is 7.05 Å². The molecule has 3 heterocycles. The minimum absolute atomic E-state index is 0.0336. The maximum absolute atomic E-state index is 11.3. The van der Waals surface area contributed by atoms with Gasteiger partial charge < -0.3 is 9.84 Å². The first-order valence-corrected chi connectivity index (χ1v) is 8.09. The Morgan fingerprint density at radius 2 is 2.40 bits per heavy atom. The zero-order valence-electron chi connectivity index (χ0n) is 11.0. The molecular formula is C11H15N5O3S. The highest BCUT2D eigenvalue weighted by Crippen LogP contribution is 2.15. The molecule has 1 unspecified atom stereocenters. The van der Waals surface area contributed by atoms with Crippen molar-refractivity contribution in [1.29, 1.82) is 0 Å². The summed E-state index contributed by atoms with van der Waals surface area (Å²) in [5, 5.41) is 11.0. The van der Waals surface area contributed by atoms with E-state index in [4.69, 9.17) is 4.52 Å². The molecule has 0 spiro atoms. The average molecular weight is 297 g/mol. The Morgan fingerprint density at radius 1 is 1.55 bits per heavy atom. The van der Waals surface area contributed by atoms with Crippen molar-refractivity contribution >= 4 is 9.84 Å². The Labute approximate surface area is 116 Å². The highest BCUT2D eigenvalue weighted by molar-refractivity contribution is 7.91. The van der Waals surface area contributed by atoms with Gasteiger partial charge in [0.05, 0.1) is 29.8 Å². The smallest absolute Gasteiger partial charge is 0.240 e. The first kappa shape index (κ1) is 13.3. The zero-order chi connectivity index (χ0) is 14.2. The quantitative estimate of drug-likeness (QED) is 0.829. The van der Waals surface area contributed by atoms with Gasteiger partial charge in [0.15, 0.2) is 9.84 Å². The van der Waals surface area contributed by atoms with E-state index < -0.39 is 9.84 Å². The fourth-order valence-electron chi connectivity index (χ4n) is 2.17. The number of sulfone groups is 1. The normalized spacial score (nSPS) is 21.4. The van der Waals surface area contributed by atoms with Gasteiger partial charge in [-0.25, -0.2) is 8.42 Å². The number of hydrogen-bond donors (Lipinski definition) is 1. The van der Waals surface area contributed by atoms with Crippen molar-refractivity contribution in [3.63, 3.8) is 0 Å². The predicted octanol–water partition coefficient (Wildman–Crippen LogP) is -0.253. The molecule has 0 bridgehead atoms. The van der Waals surface area contributed by atoms with Crippen LogP contribution in [-0.2, 0) is 23.4 Å². The summed E-state index contributed by atoms with van der Waals surface area (Å²) in [6.07, 6.45) is 4.09. The van der Waals surface area contributed by atoms with E-state index in [1.54, 1.807) is 17.1 Å². The van der Waals surface area contributed by atoms with Gasteiger partial charge >= 0.3 is 0 Å². The molecule has 8 nitrogen and oxygen atoms in total. The molecule has 108 valence electrons. The lowest BCUT2D eigenvalue weighted by Gasteiger charge is -2.06. The molecule has 1 atom stereocenters. The monoisotopic (exact) mass is 297 g/mol. The van der Waals surface area contributed by atoms with Crippen LogP contribution in [0.3, 0.4) is 0 Å². The van der Waals surface area contributed by atoms with Gasteiger partial charge in [-0.3, -0.25) is 4.68 Å². The number of hydrogen-bond acceptors (Lipinski definition) is 7. The highest BCUT2D eigenvalue weighted by Gasteiger charge is 2.27. The standard InChI is InChI=1S/C11H15N5O3S/c1-16-6-8(4-13-16)11-14-10(19-15-11)5-12-9-2-3-20(17,18)7-9/h4,6,9,12H,2-3,5,7H2,1H3.